The van der Waals surface area contributed by atoms with Crippen molar-refractivity contribution in [3.63, 3.8) is 0 Å². The van der Waals surface area contributed by atoms with Crippen molar-refractivity contribution in [2.24, 2.45) is 0 Å². The third-order valence-corrected chi connectivity index (χ3v) is 2.78. The van der Waals surface area contributed by atoms with Crippen molar-refractivity contribution < 1.29 is 9.53 Å². The molecule has 1 aromatic carbocycles. The second kappa shape index (κ2) is 4.49. The highest BCUT2D eigenvalue weighted by Crippen LogP contribution is 2.15. The fraction of sp³-hybridized carbons (Fsp3) is 0.273. The highest BCUT2D eigenvalue weighted by Gasteiger charge is 2.24. The summed E-state index contributed by atoms with van der Waals surface area (Å²) in [5, 5.41) is 3.34. The molecule has 1 fully saturated rings. The van der Waals surface area contributed by atoms with E-state index in [9.17, 15) is 4.79 Å². The van der Waals surface area contributed by atoms with Gasteiger partial charge < -0.3 is 10.1 Å². The first-order valence-electron chi connectivity index (χ1n) is 4.92. The summed E-state index contributed by atoms with van der Waals surface area (Å²) < 4.78 is 5.12. The first-order valence-corrected chi connectivity index (χ1v) is 5.32. The number of thiocarbonyl (C=S) groups is 1. The van der Waals surface area contributed by atoms with Crippen molar-refractivity contribution in [2.45, 2.75) is 6.54 Å². The fourth-order valence-electron chi connectivity index (χ4n) is 1.57. The minimum absolute atomic E-state index is 0.00724. The van der Waals surface area contributed by atoms with Gasteiger partial charge in [-0.3, -0.25) is 9.69 Å². The molecule has 0 saturated carbocycles. The second-order valence-corrected chi connectivity index (χ2v) is 3.88. The number of rotatable bonds is 3. The highest BCUT2D eigenvalue weighted by atomic mass is 32.1. The second-order valence-electron chi connectivity index (χ2n) is 3.49. The van der Waals surface area contributed by atoms with Crippen molar-refractivity contribution >= 4 is 23.2 Å². The largest absolute Gasteiger partial charge is 0.497 e. The van der Waals surface area contributed by atoms with Crippen LogP contribution in [-0.2, 0) is 11.3 Å². The zero-order valence-corrected chi connectivity index (χ0v) is 9.71. The van der Waals surface area contributed by atoms with Gasteiger partial charge in [-0.15, -0.1) is 0 Å². The van der Waals surface area contributed by atoms with Crippen LogP contribution in [0.3, 0.4) is 0 Å². The zero-order chi connectivity index (χ0) is 11.5. The Morgan fingerprint density at radius 1 is 1.56 bits per heavy atom. The molecular formula is C11H12N2O2S. The Hall–Kier alpha value is -1.62. The molecular weight excluding hydrogens is 224 g/mol. The lowest BCUT2D eigenvalue weighted by Crippen LogP contribution is -2.30. The van der Waals surface area contributed by atoms with E-state index in [0.29, 0.717) is 18.2 Å². The molecule has 1 heterocycles. The van der Waals surface area contributed by atoms with Gasteiger partial charge in [-0.05, 0) is 29.9 Å². The summed E-state index contributed by atoms with van der Waals surface area (Å²) in [7, 11) is 1.62. The molecule has 0 spiro atoms. The molecule has 0 bridgehead atoms. The molecule has 0 unspecified atom stereocenters. The normalized spacial score (nSPS) is 15.2. The summed E-state index contributed by atoms with van der Waals surface area (Å²) >= 11 is 5.04. The molecule has 0 radical (unpaired) electrons. The number of hydrogen-bond donors (Lipinski definition) is 1. The maximum atomic E-state index is 11.5. The van der Waals surface area contributed by atoms with Crippen LogP contribution >= 0.6 is 12.2 Å². The minimum Gasteiger partial charge on any atom is -0.497 e. The summed E-state index contributed by atoms with van der Waals surface area (Å²) in [6.07, 6.45) is 0. The van der Waals surface area contributed by atoms with E-state index in [4.69, 9.17) is 17.0 Å². The van der Waals surface area contributed by atoms with Crippen molar-refractivity contribution in [3.05, 3.63) is 29.8 Å². The van der Waals surface area contributed by atoms with Gasteiger partial charge >= 0.3 is 0 Å². The minimum atomic E-state index is 0.00724. The SMILES string of the molecule is COc1cccc(CN2C(=O)CNC2=S)c1. The molecule has 1 aliphatic rings. The van der Waals surface area contributed by atoms with Crippen LogP contribution in [0.5, 0.6) is 5.75 Å². The van der Waals surface area contributed by atoms with Crippen LogP contribution in [0.15, 0.2) is 24.3 Å². The van der Waals surface area contributed by atoms with Gasteiger partial charge in [0.25, 0.3) is 0 Å². The van der Waals surface area contributed by atoms with Crippen LogP contribution in [0, 0.1) is 0 Å². The van der Waals surface area contributed by atoms with Crippen LogP contribution in [0.25, 0.3) is 0 Å². The van der Waals surface area contributed by atoms with Gasteiger partial charge in [0.15, 0.2) is 5.11 Å². The van der Waals surface area contributed by atoms with Gasteiger partial charge in [0.05, 0.1) is 20.2 Å². The van der Waals surface area contributed by atoms with Crippen molar-refractivity contribution in [1.29, 1.82) is 0 Å². The highest BCUT2D eigenvalue weighted by molar-refractivity contribution is 7.80. The fourth-order valence-corrected chi connectivity index (χ4v) is 1.81. The van der Waals surface area contributed by atoms with Crippen LogP contribution in [0.1, 0.15) is 5.56 Å². The molecule has 1 N–H and O–H groups in total. The maximum Gasteiger partial charge on any atom is 0.248 e. The first kappa shape index (κ1) is 10.9. The maximum absolute atomic E-state index is 11.5. The van der Waals surface area contributed by atoms with Gasteiger partial charge in [0, 0.05) is 0 Å². The van der Waals surface area contributed by atoms with Crippen LogP contribution in [-0.4, -0.2) is 29.6 Å². The molecule has 16 heavy (non-hydrogen) atoms. The summed E-state index contributed by atoms with van der Waals surface area (Å²) in [5.41, 5.74) is 0.999. The molecule has 5 heteroatoms. The zero-order valence-electron chi connectivity index (χ0n) is 8.90. The third-order valence-electron chi connectivity index (χ3n) is 2.41. The molecule has 1 aliphatic heterocycles. The number of carbonyl (C=O) groups is 1. The quantitative estimate of drug-likeness (QED) is 0.792. The topological polar surface area (TPSA) is 41.6 Å². The van der Waals surface area contributed by atoms with Crippen molar-refractivity contribution in [3.8, 4) is 5.75 Å². The van der Waals surface area contributed by atoms with E-state index in [-0.39, 0.29) is 5.91 Å². The lowest BCUT2D eigenvalue weighted by Gasteiger charge is -2.14. The molecule has 84 valence electrons. The number of nitrogens with zero attached hydrogens (tertiary/aromatic N) is 1. The Labute approximate surface area is 99.2 Å². The predicted molar refractivity (Wildman–Crippen MR) is 64.1 cm³/mol. The van der Waals surface area contributed by atoms with Crippen LogP contribution < -0.4 is 10.1 Å². The molecule has 4 nitrogen and oxygen atoms in total. The molecule has 0 aromatic heterocycles. The van der Waals surface area contributed by atoms with Gasteiger partial charge in [0.1, 0.15) is 5.75 Å². The number of ether oxygens (including phenoxy) is 1. The monoisotopic (exact) mass is 236 g/mol. The summed E-state index contributed by atoms with van der Waals surface area (Å²) in [5.74, 6) is 0.788. The van der Waals surface area contributed by atoms with E-state index >= 15 is 0 Å². The Balaban J connectivity index is 2.14. The van der Waals surface area contributed by atoms with Gasteiger partial charge in [-0.2, -0.15) is 0 Å². The number of amides is 1. The summed E-state index contributed by atoms with van der Waals surface area (Å²) in [4.78, 5) is 13.0. The van der Waals surface area contributed by atoms with Gasteiger partial charge in [-0.1, -0.05) is 12.1 Å². The Kier molecular flexibility index (Phi) is 3.05. The number of methoxy groups -OCH3 is 1. The Morgan fingerprint density at radius 2 is 2.38 bits per heavy atom. The van der Waals surface area contributed by atoms with Gasteiger partial charge in [-0.25, -0.2) is 0 Å². The standard InChI is InChI=1S/C11H12N2O2S/c1-15-9-4-2-3-8(5-9)7-13-10(14)6-12-11(13)16/h2-5H,6-7H2,1H3,(H,12,16). The van der Waals surface area contributed by atoms with E-state index in [1.165, 1.54) is 0 Å². The molecule has 2 rings (SSSR count). The average Bonchev–Trinajstić information content (AvgIpc) is 2.61. The summed E-state index contributed by atoms with van der Waals surface area (Å²) in [6, 6.07) is 7.60. The molecule has 1 aromatic rings. The smallest absolute Gasteiger partial charge is 0.248 e. The van der Waals surface area contributed by atoms with Crippen molar-refractivity contribution in [2.75, 3.05) is 13.7 Å². The summed E-state index contributed by atoms with van der Waals surface area (Å²) in [6.45, 7) is 0.782. The number of carbonyl (C=O) groups excluding carboxylic acids is 1. The van der Waals surface area contributed by atoms with E-state index < -0.39 is 0 Å². The van der Waals surface area contributed by atoms with Crippen LogP contribution in [0.2, 0.25) is 0 Å². The average molecular weight is 236 g/mol. The predicted octanol–water partition coefficient (Wildman–Crippen LogP) is 0.912. The van der Waals surface area contributed by atoms with E-state index in [0.717, 1.165) is 11.3 Å². The Morgan fingerprint density at radius 3 is 3.00 bits per heavy atom. The molecule has 0 atom stereocenters. The number of nitrogens with one attached hydrogen (secondary N) is 1. The van der Waals surface area contributed by atoms with E-state index in [1.807, 2.05) is 24.3 Å². The lowest BCUT2D eigenvalue weighted by atomic mass is 10.2. The molecule has 1 amide bonds. The van der Waals surface area contributed by atoms with Crippen molar-refractivity contribution in [1.82, 2.24) is 10.2 Å². The van der Waals surface area contributed by atoms with E-state index in [1.54, 1.807) is 12.0 Å². The molecule has 0 aliphatic carbocycles. The van der Waals surface area contributed by atoms with Gasteiger partial charge in [0.2, 0.25) is 5.91 Å². The van der Waals surface area contributed by atoms with E-state index in [2.05, 4.69) is 5.32 Å². The number of hydrogen-bond acceptors (Lipinski definition) is 3. The third kappa shape index (κ3) is 2.14. The first-order chi connectivity index (χ1) is 7.70. The van der Waals surface area contributed by atoms with Crippen LogP contribution in [0.4, 0.5) is 0 Å². The number of benzene rings is 1. The molecule has 1 saturated heterocycles. The lowest BCUT2D eigenvalue weighted by molar-refractivity contribution is -0.124. The Bertz CT molecular complexity index is 418.